The average molecular weight is 381 g/mol. The smallest absolute Gasteiger partial charge is 0.233 e. The Morgan fingerprint density at radius 3 is 2.76 bits per heavy atom. The Morgan fingerprint density at radius 1 is 1.36 bits per heavy atom. The Kier molecular flexibility index (Phi) is 6.66. The lowest BCUT2D eigenvalue weighted by Crippen LogP contribution is -2.46. The fourth-order valence-corrected chi connectivity index (χ4v) is 3.81. The topological polar surface area (TPSA) is 76.1 Å². The summed E-state index contributed by atoms with van der Waals surface area (Å²) in [6.07, 6.45) is 0.877. The van der Waals surface area contributed by atoms with E-state index in [4.69, 9.17) is 4.74 Å². The standard InChI is InChI=1S/C17H24N4O2S2/c1-6-17(3,4)19-14(22)11(2)24-16-21-20-15(25-16)18-12-9-7-8-10-13(12)23-5/h7-11H,6H2,1-5H3,(H,18,20)(H,19,22). The number of anilines is 2. The van der Waals surface area contributed by atoms with Gasteiger partial charge in [-0.1, -0.05) is 42.2 Å². The molecular formula is C17H24N4O2S2. The quantitative estimate of drug-likeness (QED) is 0.672. The van der Waals surface area contributed by atoms with Gasteiger partial charge >= 0.3 is 0 Å². The van der Waals surface area contributed by atoms with Crippen LogP contribution < -0.4 is 15.4 Å². The van der Waals surface area contributed by atoms with Crippen LogP contribution in [0.1, 0.15) is 34.1 Å². The summed E-state index contributed by atoms with van der Waals surface area (Å²) in [6, 6.07) is 7.61. The average Bonchev–Trinajstić information content (AvgIpc) is 3.02. The highest BCUT2D eigenvalue weighted by Gasteiger charge is 2.23. The maximum absolute atomic E-state index is 12.3. The first-order valence-electron chi connectivity index (χ1n) is 8.07. The van der Waals surface area contributed by atoms with E-state index in [2.05, 4.69) is 27.8 Å². The predicted molar refractivity (Wildman–Crippen MR) is 104 cm³/mol. The summed E-state index contributed by atoms with van der Waals surface area (Å²) in [4.78, 5) is 12.3. The molecule has 0 bridgehead atoms. The third-order valence-electron chi connectivity index (χ3n) is 3.75. The first kappa shape index (κ1) is 19.5. The van der Waals surface area contributed by atoms with Gasteiger partial charge in [0.1, 0.15) is 5.75 Å². The number of thioether (sulfide) groups is 1. The van der Waals surface area contributed by atoms with Crippen LogP contribution in [0.2, 0.25) is 0 Å². The van der Waals surface area contributed by atoms with E-state index in [0.717, 1.165) is 22.2 Å². The molecule has 0 spiro atoms. The van der Waals surface area contributed by atoms with Gasteiger partial charge in [0.25, 0.3) is 0 Å². The number of nitrogens with one attached hydrogen (secondary N) is 2. The van der Waals surface area contributed by atoms with Crippen molar-refractivity contribution >= 4 is 39.8 Å². The summed E-state index contributed by atoms with van der Waals surface area (Å²) in [5, 5.41) is 15.0. The van der Waals surface area contributed by atoms with Crippen LogP contribution in [0, 0.1) is 0 Å². The monoisotopic (exact) mass is 380 g/mol. The minimum Gasteiger partial charge on any atom is -0.495 e. The molecule has 1 aromatic heterocycles. The van der Waals surface area contributed by atoms with E-state index < -0.39 is 0 Å². The van der Waals surface area contributed by atoms with E-state index in [1.165, 1.54) is 23.1 Å². The van der Waals surface area contributed by atoms with Gasteiger partial charge in [-0.05, 0) is 39.3 Å². The Hall–Kier alpha value is -1.80. The van der Waals surface area contributed by atoms with Crippen LogP contribution in [0.4, 0.5) is 10.8 Å². The number of rotatable bonds is 8. The van der Waals surface area contributed by atoms with E-state index in [9.17, 15) is 4.79 Å². The number of carbonyl (C=O) groups excluding carboxylic acids is 1. The zero-order valence-corrected chi connectivity index (χ0v) is 16.8. The Balaban J connectivity index is 1.98. The molecule has 25 heavy (non-hydrogen) atoms. The van der Waals surface area contributed by atoms with Gasteiger partial charge in [0, 0.05) is 5.54 Å². The van der Waals surface area contributed by atoms with Crippen LogP contribution in [0.25, 0.3) is 0 Å². The lowest BCUT2D eigenvalue weighted by Gasteiger charge is -2.26. The molecular weight excluding hydrogens is 356 g/mol. The molecule has 1 aromatic carbocycles. The Bertz CT molecular complexity index is 718. The summed E-state index contributed by atoms with van der Waals surface area (Å²) in [5.74, 6) is 0.743. The normalized spacial score (nSPS) is 12.5. The van der Waals surface area contributed by atoms with Crippen LogP contribution >= 0.6 is 23.1 Å². The predicted octanol–water partition coefficient (Wildman–Crippen LogP) is 4.08. The van der Waals surface area contributed by atoms with Gasteiger partial charge in [-0.15, -0.1) is 10.2 Å². The number of benzene rings is 1. The summed E-state index contributed by atoms with van der Waals surface area (Å²) in [6.45, 7) is 7.96. The molecule has 1 heterocycles. The van der Waals surface area contributed by atoms with Crippen molar-refractivity contribution in [3.05, 3.63) is 24.3 Å². The molecule has 2 aromatic rings. The molecule has 0 aliphatic heterocycles. The van der Waals surface area contributed by atoms with Crippen molar-refractivity contribution in [3.8, 4) is 5.75 Å². The summed E-state index contributed by atoms with van der Waals surface area (Å²) < 4.78 is 6.06. The van der Waals surface area contributed by atoms with Crippen LogP contribution in [0.5, 0.6) is 5.75 Å². The van der Waals surface area contributed by atoms with Gasteiger partial charge in [-0.25, -0.2) is 0 Å². The lowest BCUT2D eigenvalue weighted by molar-refractivity contribution is -0.121. The van der Waals surface area contributed by atoms with E-state index in [1.54, 1.807) is 7.11 Å². The summed E-state index contributed by atoms with van der Waals surface area (Å²) in [7, 11) is 1.62. The van der Waals surface area contributed by atoms with Gasteiger partial charge in [0.2, 0.25) is 11.0 Å². The number of aromatic nitrogens is 2. The van der Waals surface area contributed by atoms with E-state index >= 15 is 0 Å². The van der Waals surface area contributed by atoms with Crippen molar-refractivity contribution in [3.63, 3.8) is 0 Å². The molecule has 8 heteroatoms. The second-order valence-corrected chi connectivity index (χ2v) is 8.75. The van der Waals surface area contributed by atoms with Gasteiger partial charge in [0.15, 0.2) is 4.34 Å². The molecule has 2 rings (SSSR count). The zero-order valence-electron chi connectivity index (χ0n) is 15.1. The number of methoxy groups -OCH3 is 1. The molecule has 2 N–H and O–H groups in total. The van der Waals surface area contributed by atoms with Crippen LogP contribution in [-0.2, 0) is 4.79 Å². The molecule has 0 fully saturated rings. The molecule has 0 aliphatic rings. The Morgan fingerprint density at radius 2 is 2.08 bits per heavy atom. The summed E-state index contributed by atoms with van der Waals surface area (Å²) in [5.41, 5.74) is 0.622. The van der Waals surface area contributed by atoms with E-state index in [1.807, 2.05) is 45.0 Å². The molecule has 0 saturated carbocycles. The van der Waals surface area contributed by atoms with Crippen molar-refractivity contribution in [2.75, 3.05) is 12.4 Å². The maximum Gasteiger partial charge on any atom is 0.233 e. The highest BCUT2D eigenvalue weighted by molar-refractivity contribution is 8.02. The van der Waals surface area contributed by atoms with E-state index in [-0.39, 0.29) is 16.7 Å². The molecule has 6 nitrogen and oxygen atoms in total. The van der Waals surface area contributed by atoms with Crippen molar-refractivity contribution in [1.29, 1.82) is 0 Å². The number of carbonyl (C=O) groups is 1. The van der Waals surface area contributed by atoms with E-state index in [0.29, 0.717) is 5.13 Å². The largest absolute Gasteiger partial charge is 0.495 e. The first-order valence-corrected chi connectivity index (χ1v) is 9.76. The van der Waals surface area contributed by atoms with Crippen molar-refractivity contribution in [1.82, 2.24) is 15.5 Å². The minimum absolute atomic E-state index is 0.00582. The van der Waals surface area contributed by atoms with Gasteiger partial charge in [0.05, 0.1) is 18.0 Å². The summed E-state index contributed by atoms with van der Waals surface area (Å²) >= 11 is 2.82. The fraction of sp³-hybridized carbons (Fsp3) is 0.471. The molecule has 1 amide bonds. The van der Waals surface area contributed by atoms with Crippen molar-refractivity contribution in [2.24, 2.45) is 0 Å². The number of hydrogen-bond donors (Lipinski definition) is 2. The zero-order chi connectivity index (χ0) is 18.4. The SMILES string of the molecule is CCC(C)(C)NC(=O)C(C)Sc1nnc(Nc2ccccc2OC)s1. The lowest BCUT2D eigenvalue weighted by atomic mass is 10.0. The first-order chi connectivity index (χ1) is 11.8. The number of para-hydroxylation sites is 2. The van der Waals surface area contributed by atoms with Gasteiger partial charge < -0.3 is 15.4 Å². The molecule has 0 aliphatic carbocycles. The molecule has 136 valence electrons. The number of nitrogens with zero attached hydrogens (tertiary/aromatic N) is 2. The molecule has 1 unspecified atom stereocenters. The van der Waals surface area contributed by atoms with Crippen LogP contribution in [0.3, 0.4) is 0 Å². The second-order valence-electron chi connectivity index (χ2n) is 6.19. The number of hydrogen-bond acceptors (Lipinski definition) is 7. The van der Waals surface area contributed by atoms with Crippen molar-refractivity contribution in [2.45, 2.75) is 49.2 Å². The third-order valence-corrected chi connectivity index (χ3v) is 5.77. The number of ether oxygens (including phenoxy) is 1. The van der Waals surface area contributed by atoms with Crippen LogP contribution in [0.15, 0.2) is 28.6 Å². The minimum atomic E-state index is -0.238. The maximum atomic E-state index is 12.3. The molecule has 0 radical (unpaired) electrons. The molecule has 0 saturated heterocycles. The highest BCUT2D eigenvalue weighted by Crippen LogP contribution is 2.33. The van der Waals surface area contributed by atoms with Crippen molar-refractivity contribution < 1.29 is 9.53 Å². The van der Waals surface area contributed by atoms with Crippen LogP contribution in [-0.4, -0.2) is 34.0 Å². The molecule has 1 atom stereocenters. The Labute approximate surface area is 156 Å². The third kappa shape index (κ3) is 5.61. The highest BCUT2D eigenvalue weighted by atomic mass is 32.2. The second kappa shape index (κ2) is 8.53. The van der Waals surface area contributed by atoms with Gasteiger partial charge in [-0.3, -0.25) is 4.79 Å². The van der Waals surface area contributed by atoms with Gasteiger partial charge in [-0.2, -0.15) is 0 Å². The number of amides is 1. The fourth-order valence-electron chi connectivity index (χ4n) is 1.90.